The van der Waals surface area contributed by atoms with Crippen LogP contribution in [0.15, 0.2) is 22.7 Å². The van der Waals surface area contributed by atoms with Crippen molar-refractivity contribution in [2.24, 2.45) is 0 Å². The zero-order valence-electron chi connectivity index (χ0n) is 12.1. The van der Waals surface area contributed by atoms with Gasteiger partial charge >= 0.3 is 0 Å². The van der Waals surface area contributed by atoms with Gasteiger partial charge in [0.25, 0.3) is 0 Å². The van der Waals surface area contributed by atoms with E-state index in [9.17, 15) is 0 Å². The van der Waals surface area contributed by atoms with Gasteiger partial charge < -0.3 is 9.84 Å². The van der Waals surface area contributed by atoms with E-state index in [0.717, 1.165) is 24.4 Å². The van der Waals surface area contributed by atoms with E-state index in [2.05, 4.69) is 47.5 Å². The molecule has 0 aliphatic carbocycles. The molecule has 1 aromatic carbocycles. The van der Waals surface area contributed by atoms with E-state index in [4.69, 9.17) is 4.52 Å². The second-order valence-corrected chi connectivity index (χ2v) is 5.68. The van der Waals surface area contributed by atoms with Gasteiger partial charge in [-0.25, -0.2) is 0 Å². The van der Waals surface area contributed by atoms with Gasteiger partial charge in [-0.1, -0.05) is 35.3 Å². The van der Waals surface area contributed by atoms with Gasteiger partial charge in [-0.05, 0) is 38.8 Å². The van der Waals surface area contributed by atoms with Crippen LogP contribution < -0.4 is 5.32 Å². The number of aromatic nitrogens is 2. The number of nitrogens with one attached hydrogen (secondary N) is 1. The summed E-state index contributed by atoms with van der Waals surface area (Å²) >= 11 is 0. The van der Waals surface area contributed by atoms with Crippen molar-refractivity contribution >= 4 is 0 Å². The monoisotopic (exact) mass is 271 g/mol. The van der Waals surface area contributed by atoms with Gasteiger partial charge in [0.05, 0.1) is 0 Å². The second kappa shape index (κ2) is 5.75. The van der Waals surface area contributed by atoms with Gasteiger partial charge in [0.2, 0.25) is 11.7 Å². The van der Waals surface area contributed by atoms with Crippen LogP contribution >= 0.6 is 0 Å². The summed E-state index contributed by atoms with van der Waals surface area (Å²) in [5, 5.41) is 7.64. The number of hydrogen-bond donors (Lipinski definition) is 1. The minimum absolute atomic E-state index is 0.483. The molecule has 20 heavy (non-hydrogen) atoms. The van der Waals surface area contributed by atoms with Crippen LogP contribution in [-0.2, 0) is 6.42 Å². The molecule has 4 nitrogen and oxygen atoms in total. The number of benzene rings is 1. The van der Waals surface area contributed by atoms with Crippen LogP contribution in [0.4, 0.5) is 0 Å². The Morgan fingerprint density at radius 3 is 2.95 bits per heavy atom. The Hall–Kier alpha value is -1.68. The lowest BCUT2D eigenvalue weighted by Gasteiger charge is -2.21. The lowest BCUT2D eigenvalue weighted by atomic mass is 10.0. The highest BCUT2D eigenvalue weighted by Crippen LogP contribution is 2.22. The van der Waals surface area contributed by atoms with Gasteiger partial charge in [0, 0.05) is 18.0 Å². The molecule has 1 aliphatic heterocycles. The predicted molar refractivity (Wildman–Crippen MR) is 78.6 cm³/mol. The third-order valence-corrected chi connectivity index (χ3v) is 3.92. The SMILES string of the molecule is Cc1ccc(-c2noc(CC3CCCCN3)n2)c(C)c1. The molecule has 1 unspecified atom stereocenters. The van der Waals surface area contributed by atoms with E-state index in [1.807, 2.05) is 0 Å². The smallest absolute Gasteiger partial charge is 0.228 e. The normalized spacial score (nSPS) is 19.2. The molecule has 1 atom stereocenters. The molecule has 2 aromatic rings. The second-order valence-electron chi connectivity index (χ2n) is 5.68. The fraction of sp³-hybridized carbons (Fsp3) is 0.500. The minimum Gasteiger partial charge on any atom is -0.339 e. The van der Waals surface area contributed by atoms with E-state index in [0.29, 0.717) is 11.9 Å². The summed E-state index contributed by atoms with van der Waals surface area (Å²) in [5.74, 6) is 1.44. The van der Waals surface area contributed by atoms with Crippen LogP contribution in [0.3, 0.4) is 0 Å². The number of rotatable bonds is 3. The number of nitrogens with zero attached hydrogens (tertiary/aromatic N) is 2. The van der Waals surface area contributed by atoms with Crippen LogP contribution in [0, 0.1) is 13.8 Å². The Morgan fingerprint density at radius 1 is 1.30 bits per heavy atom. The van der Waals surface area contributed by atoms with Gasteiger partial charge in [-0.15, -0.1) is 0 Å². The summed E-state index contributed by atoms with van der Waals surface area (Å²) in [7, 11) is 0. The molecule has 4 heteroatoms. The first-order valence-electron chi connectivity index (χ1n) is 7.36. The Kier molecular flexibility index (Phi) is 3.83. The maximum atomic E-state index is 5.41. The van der Waals surface area contributed by atoms with Crippen molar-refractivity contribution in [2.75, 3.05) is 6.54 Å². The molecule has 1 aliphatic rings. The number of aryl methyl sites for hydroxylation is 2. The fourth-order valence-corrected chi connectivity index (χ4v) is 2.82. The third-order valence-electron chi connectivity index (χ3n) is 3.92. The van der Waals surface area contributed by atoms with Gasteiger partial charge in [-0.2, -0.15) is 4.98 Å². The van der Waals surface area contributed by atoms with Crippen molar-refractivity contribution in [3.63, 3.8) is 0 Å². The molecule has 1 N–H and O–H groups in total. The van der Waals surface area contributed by atoms with Crippen molar-refractivity contribution in [1.29, 1.82) is 0 Å². The quantitative estimate of drug-likeness (QED) is 0.932. The predicted octanol–water partition coefficient (Wildman–Crippen LogP) is 3.04. The average Bonchev–Trinajstić information content (AvgIpc) is 2.88. The fourth-order valence-electron chi connectivity index (χ4n) is 2.82. The topological polar surface area (TPSA) is 51.0 Å². The zero-order chi connectivity index (χ0) is 13.9. The largest absolute Gasteiger partial charge is 0.339 e. The molecule has 0 bridgehead atoms. The molecular weight excluding hydrogens is 250 g/mol. The Balaban J connectivity index is 1.75. The van der Waals surface area contributed by atoms with Crippen LogP contribution in [0.5, 0.6) is 0 Å². The molecule has 3 rings (SSSR count). The minimum atomic E-state index is 0.483. The molecule has 0 saturated carbocycles. The standard InChI is InChI=1S/C16H21N3O/c1-11-6-7-14(12(2)9-11)16-18-15(20-19-16)10-13-5-3-4-8-17-13/h6-7,9,13,17H,3-5,8,10H2,1-2H3. The van der Waals surface area contributed by atoms with Crippen molar-refractivity contribution in [3.8, 4) is 11.4 Å². The molecule has 1 fully saturated rings. The van der Waals surface area contributed by atoms with Gasteiger partial charge in [0.15, 0.2) is 0 Å². The summed E-state index contributed by atoms with van der Waals surface area (Å²) in [4.78, 5) is 4.55. The van der Waals surface area contributed by atoms with E-state index in [1.165, 1.54) is 30.4 Å². The van der Waals surface area contributed by atoms with Crippen LogP contribution in [0.1, 0.15) is 36.3 Å². The molecule has 1 saturated heterocycles. The summed E-state index contributed by atoms with van der Waals surface area (Å²) < 4.78 is 5.41. The molecule has 2 heterocycles. The number of piperidine rings is 1. The van der Waals surface area contributed by atoms with E-state index < -0.39 is 0 Å². The van der Waals surface area contributed by atoms with Crippen molar-refractivity contribution in [2.45, 2.75) is 45.6 Å². The zero-order valence-corrected chi connectivity index (χ0v) is 12.1. The Morgan fingerprint density at radius 2 is 2.20 bits per heavy atom. The lowest BCUT2D eigenvalue weighted by Crippen LogP contribution is -2.35. The van der Waals surface area contributed by atoms with Gasteiger partial charge in [-0.3, -0.25) is 0 Å². The Labute approximate surface area is 119 Å². The van der Waals surface area contributed by atoms with Crippen molar-refractivity contribution in [1.82, 2.24) is 15.5 Å². The summed E-state index contributed by atoms with van der Waals surface area (Å²) in [5.41, 5.74) is 3.50. The molecule has 0 spiro atoms. The summed E-state index contributed by atoms with van der Waals surface area (Å²) in [6.45, 7) is 5.27. The molecular formula is C16H21N3O. The average molecular weight is 271 g/mol. The third kappa shape index (κ3) is 2.90. The maximum Gasteiger partial charge on any atom is 0.228 e. The van der Waals surface area contributed by atoms with E-state index in [-0.39, 0.29) is 0 Å². The molecule has 0 amide bonds. The highest BCUT2D eigenvalue weighted by atomic mass is 16.5. The van der Waals surface area contributed by atoms with E-state index >= 15 is 0 Å². The first-order chi connectivity index (χ1) is 9.72. The van der Waals surface area contributed by atoms with Crippen LogP contribution in [0.2, 0.25) is 0 Å². The van der Waals surface area contributed by atoms with Crippen molar-refractivity contribution in [3.05, 3.63) is 35.2 Å². The maximum absolute atomic E-state index is 5.41. The highest BCUT2D eigenvalue weighted by Gasteiger charge is 2.17. The van der Waals surface area contributed by atoms with Crippen molar-refractivity contribution < 1.29 is 4.52 Å². The molecule has 1 aromatic heterocycles. The first kappa shape index (κ1) is 13.3. The summed E-state index contributed by atoms with van der Waals surface area (Å²) in [6.07, 6.45) is 4.59. The molecule has 0 radical (unpaired) electrons. The van der Waals surface area contributed by atoms with E-state index in [1.54, 1.807) is 0 Å². The summed E-state index contributed by atoms with van der Waals surface area (Å²) in [6, 6.07) is 6.78. The first-order valence-corrected chi connectivity index (χ1v) is 7.36. The van der Waals surface area contributed by atoms with Crippen LogP contribution in [0.25, 0.3) is 11.4 Å². The number of hydrogen-bond acceptors (Lipinski definition) is 4. The lowest BCUT2D eigenvalue weighted by molar-refractivity contribution is 0.331. The van der Waals surface area contributed by atoms with Gasteiger partial charge in [0.1, 0.15) is 0 Å². The van der Waals surface area contributed by atoms with Crippen LogP contribution in [-0.4, -0.2) is 22.7 Å². The highest BCUT2D eigenvalue weighted by molar-refractivity contribution is 5.59. The Bertz CT molecular complexity index is 585. The molecule has 106 valence electrons.